The molecule has 0 atom stereocenters. The zero-order valence-electron chi connectivity index (χ0n) is 14.8. The molecule has 1 aromatic carbocycles. The first kappa shape index (κ1) is 18.4. The van der Waals surface area contributed by atoms with Gasteiger partial charge >= 0.3 is 5.97 Å². The minimum Gasteiger partial charge on any atom is -0.478 e. The molecule has 26 heavy (non-hydrogen) atoms. The third-order valence-corrected chi connectivity index (χ3v) is 5.47. The van der Waals surface area contributed by atoms with Crippen LogP contribution in [0.4, 0.5) is 4.39 Å². The quantitative estimate of drug-likeness (QED) is 0.649. The van der Waals surface area contributed by atoms with Crippen molar-refractivity contribution in [3.8, 4) is 0 Å². The predicted molar refractivity (Wildman–Crippen MR) is 101 cm³/mol. The maximum atomic E-state index is 14.0. The second-order valence-electron chi connectivity index (χ2n) is 6.19. The SMILES string of the molecule is Cc1c(CNCc2cccs2)c(C(=O)O)c(C)n1Cc1ccccc1F. The van der Waals surface area contributed by atoms with Gasteiger partial charge in [0.1, 0.15) is 5.82 Å². The van der Waals surface area contributed by atoms with E-state index >= 15 is 0 Å². The zero-order chi connectivity index (χ0) is 18.7. The highest BCUT2D eigenvalue weighted by Gasteiger charge is 2.22. The molecule has 4 nitrogen and oxygen atoms in total. The second-order valence-corrected chi connectivity index (χ2v) is 7.22. The zero-order valence-corrected chi connectivity index (χ0v) is 15.6. The summed E-state index contributed by atoms with van der Waals surface area (Å²) in [5.74, 6) is -1.24. The number of aromatic nitrogens is 1. The molecule has 2 N–H and O–H groups in total. The molecule has 2 aromatic heterocycles. The van der Waals surface area contributed by atoms with Gasteiger partial charge in [0.25, 0.3) is 0 Å². The Balaban J connectivity index is 1.88. The van der Waals surface area contributed by atoms with Gasteiger partial charge in [0.15, 0.2) is 0 Å². The van der Waals surface area contributed by atoms with E-state index in [-0.39, 0.29) is 5.82 Å². The molecule has 136 valence electrons. The highest BCUT2D eigenvalue weighted by atomic mass is 32.1. The number of nitrogens with one attached hydrogen (secondary N) is 1. The van der Waals surface area contributed by atoms with Crippen molar-refractivity contribution in [3.05, 3.63) is 80.6 Å². The number of benzene rings is 1. The van der Waals surface area contributed by atoms with Crippen LogP contribution in [0, 0.1) is 19.7 Å². The molecule has 0 unspecified atom stereocenters. The number of rotatable bonds is 7. The van der Waals surface area contributed by atoms with Crippen molar-refractivity contribution in [3.63, 3.8) is 0 Å². The van der Waals surface area contributed by atoms with E-state index < -0.39 is 5.97 Å². The Morgan fingerprint density at radius 1 is 1.15 bits per heavy atom. The van der Waals surface area contributed by atoms with Crippen LogP contribution in [-0.4, -0.2) is 15.6 Å². The monoisotopic (exact) mass is 372 g/mol. The van der Waals surface area contributed by atoms with E-state index in [9.17, 15) is 14.3 Å². The van der Waals surface area contributed by atoms with Crippen molar-refractivity contribution in [1.82, 2.24) is 9.88 Å². The predicted octanol–water partition coefficient (Wildman–Crippen LogP) is 4.34. The minimum absolute atomic E-state index is 0.283. The lowest BCUT2D eigenvalue weighted by Gasteiger charge is -2.11. The standard InChI is InChI=1S/C20H21FN2O2S/c1-13-17(11-22-10-16-7-5-9-26-16)19(20(24)25)14(2)23(13)12-15-6-3-4-8-18(15)21/h3-9,22H,10-12H2,1-2H3,(H,24,25). The first-order valence-corrected chi connectivity index (χ1v) is 9.25. The third-order valence-electron chi connectivity index (χ3n) is 4.59. The Labute approximate surface area is 155 Å². The summed E-state index contributed by atoms with van der Waals surface area (Å²) in [6.07, 6.45) is 0. The van der Waals surface area contributed by atoms with Crippen LogP contribution in [0.3, 0.4) is 0 Å². The minimum atomic E-state index is -0.953. The molecule has 2 heterocycles. The van der Waals surface area contributed by atoms with Gasteiger partial charge < -0.3 is 15.0 Å². The smallest absolute Gasteiger partial charge is 0.337 e. The number of carboxylic acid groups (broad SMARTS) is 1. The molecule has 0 bridgehead atoms. The molecule has 0 saturated heterocycles. The maximum Gasteiger partial charge on any atom is 0.337 e. The molecule has 0 aliphatic rings. The first-order chi connectivity index (χ1) is 12.5. The summed E-state index contributed by atoms with van der Waals surface area (Å²) in [4.78, 5) is 13.0. The molecule has 0 amide bonds. The van der Waals surface area contributed by atoms with Crippen LogP contribution in [0.15, 0.2) is 41.8 Å². The summed E-state index contributed by atoms with van der Waals surface area (Å²) in [6.45, 7) is 5.13. The molecular weight excluding hydrogens is 351 g/mol. The lowest BCUT2D eigenvalue weighted by Crippen LogP contribution is -2.15. The highest BCUT2D eigenvalue weighted by Crippen LogP contribution is 2.24. The number of halogens is 1. The molecule has 3 rings (SSSR count). The fourth-order valence-corrected chi connectivity index (χ4v) is 3.88. The Kier molecular flexibility index (Phi) is 5.54. The van der Waals surface area contributed by atoms with Crippen LogP contribution in [0.5, 0.6) is 0 Å². The lowest BCUT2D eigenvalue weighted by molar-refractivity contribution is 0.0694. The summed E-state index contributed by atoms with van der Waals surface area (Å²) >= 11 is 1.66. The van der Waals surface area contributed by atoms with Crippen LogP contribution in [-0.2, 0) is 19.6 Å². The van der Waals surface area contributed by atoms with Gasteiger partial charge in [-0.2, -0.15) is 0 Å². The van der Waals surface area contributed by atoms with Crippen molar-refractivity contribution in [2.75, 3.05) is 0 Å². The van der Waals surface area contributed by atoms with Crippen LogP contribution in [0.25, 0.3) is 0 Å². The van der Waals surface area contributed by atoms with Gasteiger partial charge in [-0.05, 0) is 31.4 Å². The van der Waals surface area contributed by atoms with Crippen molar-refractivity contribution in [2.45, 2.75) is 33.5 Å². The van der Waals surface area contributed by atoms with Gasteiger partial charge in [0.2, 0.25) is 0 Å². The van der Waals surface area contributed by atoms with Crippen LogP contribution in [0.2, 0.25) is 0 Å². The summed E-state index contributed by atoms with van der Waals surface area (Å²) in [5.41, 5.74) is 3.09. The van der Waals surface area contributed by atoms with E-state index in [2.05, 4.69) is 5.32 Å². The number of nitrogens with zero attached hydrogens (tertiary/aromatic N) is 1. The Bertz CT molecular complexity index is 916. The Hall–Kier alpha value is -2.44. The first-order valence-electron chi connectivity index (χ1n) is 8.37. The maximum absolute atomic E-state index is 14.0. The molecular formula is C20H21FN2O2S. The van der Waals surface area contributed by atoms with Crippen molar-refractivity contribution >= 4 is 17.3 Å². The number of carbonyl (C=O) groups is 1. The number of thiophene rings is 1. The topological polar surface area (TPSA) is 54.3 Å². The molecule has 0 fully saturated rings. The average Bonchev–Trinajstić information content (AvgIpc) is 3.19. The molecule has 3 aromatic rings. The fourth-order valence-electron chi connectivity index (χ4n) is 3.21. The number of aromatic carboxylic acids is 1. The molecule has 0 saturated carbocycles. The lowest BCUT2D eigenvalue weighted by atomic mass is 10.1. The molecule has 0 aliphatic carbocycles. The average molecular weight is 372 g/mol. The largest absolute Gasteiger partial charge is 0.478 e. The molecule has 6 heteroatoms. The van der Waals surface area contributed by atoms with Gasteiger partial charge in [0.05, 0.1) is 12.1 Å². The fraction of sp³-hybridized carbons (Fsp3) is 0.250. The summed E-state index contributed by atoms with van der Waals surface area (Å²) in [6, 6.07) is 10.6. The molecule has 0 aliphatic heterocycles. The van der Waals surface area contributed by atoms with Crippen LogP contribution >= 0.6 is 11.3 Å². The van der Waals surface area contributed by atoms with Gasteiger partial charge in [-0.25, -0.2) is 9.18 Å². The Morgan fingerprint density at radius 3 is 2.58 bits per heavy atom. The van der Waals surface area contributed by atoms with E-state index in [0.29, 0.717) is 36.5 Å². The second kappa shape index (κ2) is 7.85. The van der Waals surface area contributed by atoms with E-state index in [0.717, 1.165) is 11.3 Å². The van der Waals surface area contributed by atoms with Crippen LogP contribution in [0.1, 0.15) is 37.7 Å². The van der Waals surface area contributed by atoms with Gasteiger partial charge in [-0.15, -0.1) is 11.3 Å². The summed E-state index contributed by atoms with van der Waals surface area (Å²) in [5, 5.41) is 15.0. The van der Waals surface area contributed by atoms with Crippen molar-refractivity contribution in [1.29, 1.82) is 0 Å². The van der Waals surface area contributed by atoms with Crippen LogP contribution < -0.4 is 5.32 Å². The summed E-state index contributed by atoms with van der Waals surface area (Å²) in [7, 11) is 0. The van der Waals surface area contributed by atoms with Gasteiger partial charge in [-0.3, -0.25) is 0 Å². The number of hydrogen-bond donors (Lipinski definition) is 2. The third kappa shape index (κ3) is 3.71. The van der Waals surface area contributed by atoms with E-state index in [1.54, 1.807) is 36.5 Å². The summed E-state index contributed by atoms with van der Waals surface area (Å²) < 4.78 is 15.9. The normalized spacial score (nSPS) is 11.0. The van der Waals surface area contributed by atoms with E-state index in [1.165, 1.54) is 10.9 Å². The highest BCUT2D eigenvalue weighted by molar-refractivity contribution is 7.09. The number of hydrogen-bond acceptors (Lipinski definition) is 3. The number of carboxylic acids is 1. The van der Waals surface area contributed by atoms with Gasteiger partial charge in [0, 0.05) is 40.5 Å². The van der Waals surface area contributed by atoms with Crippen molar-refractivity contribution < 1.29 is 14.3 Å². The molecule has 0 radical (unpaired) electrons. The van der Waals surface area contributed by atoms with E-state index in [4.69, 9.17) is 0 Å². The van der Waals surface area contributed by atoms with Gasteiger partial charge in [-0.1, -0.05) is 24.3 Å². The van der Waals surface area contributed by atoms with E-state index in [1.807, 2.05) is 29.0 Å². The molecule has 0 spiro atoms. The Morgan fingerprint density at radius 2 is 1.92 bits per heavy atom. The van der Waals surface area contributed by atoms with Crippen molar-refractivity contribution in [2.24, 2.45) is 0 Å².